The van der Waals surface area contributed by atoms with Crippen LogP contribution in [0.25, 0.3) is 0 Å². The first-order valence-corrected chi connectivity index (χ1v) is 11.7. The number of rotatable bonds is 6. The van der Waals surface area contributed by atoms with Gasteiger partial charge in [0, 0.05) is 11.4 Å². The summed E-state index contributed by atoms with van der Waals surface area (Å²) in [6.45, 7) is 0. The van der Waals surface area contributed by atoms with Gasteiger partial charge in [-0.3, -0.25) is 10.4 Å². The third kappa shape index (κ3) is 4.98. The molecule has 34 heavy (non-hydrogen) atoms. The molecule has 0 radical (unpaired) electrons. The van der Waals surface area contributed by atoms with Crippen molar-refractivity contribution >= 4 is 46.5 Å². The smallest absolute Gasteiger partial charge is 0.0831 e. The Morgan fingerprint density at radius 2 is 1.56 bits per heavy atom. The van der Waals surface area contributed by atoms with Crippen LogP contribution < -0.4 is 10.4 Å². The maximum atomic E-state index is 6.19. The fourth-order valence-electron chi connectivity index (χ4n) is 3.96. The average molecular weight is 485 g/mol. The van der Waals surface area contributed by atoms with Crippen LogP contribution in [-0.2, 0) is 0 Å². The van der Waals surface area contributed by atoms with Gasteiger partial charge in [-0.25, -0.2) is 0 Å². The number of anilines is 2. The van der Waals surface area contributed by atoms with Gasteiger partial charge in [0.2, 0.25) is 0 Å². The number of halogens is 2. The highest BCUT2D eigenvalue weighted by Crippen LogP contribution is 2.36. The molecule has 0 saturated heterocycles. The van der Waals surface area contributed by atoms with Crippen molar-refractivity contribution in [3.05, 3.63) is 130 Å². The Morgan fingerprint density at radius 3 is 2.26 bits per heavy atom. The second kappa shape index (κ2) is 10.1. The first-order chi connectivity index (χ1) is 16.7. The van der Waals surface area contributed by atoms with Crippen LogP contribution in [0.5, 0.6) is 0 Å². The standard InChI is InChI=1S/C28H22Cl2N4/c29-23-13-16-26(25(30)17-23)32-31-19-20-11-14-24(15-12-20)34-28(22-9-5-2-6-10-22)18-27(33-34)21-7-3-1-4-8-21/h1-17,19,28,32H,18H2/b31-19-/t28-/m1/s1. The second-order valence-corrected chi connectivity index (χ2v) is 8.82. The molecule has 4 aromatic carbocycles. The Morgan fingerprint density at radius 1 is 0.853 bits per heavy atom. The van der Waals surface area contributed by atoms with E-state index in [1.165, 1.54) is 5.56 Å². The molecule has 4 aromatic rings. The fourth-order valence-corrected chi connectivity index (χ4v) is 4.41. The van der Waals surface area contributed by atoms with Crippen LogP contribution in [-0.4, -0.2) is 11.9 Å². The molecule has 0 aromatic heterocycles. The monoisotopic (exact) mass is 484 g/mol. The van der Waals surface area contributed by atoms with Gasteiger partial charge in [-0.1, -0.05) is 96.0 Å². The highest BCUT2D eigenvalue weighted by molar-refractivity contribution is 6.36. The van der Waals surface area contributed by atoms with Crippen molar-refractivity contribution in [3.63, 3.8) is 0 Å². The predicted octanol–water partition coefficient (Wildman–Crippen LogP) is 7.80. The lowest BCUT2D eigenvalue weighted by atomic mass is 9.98. The summed E-state index contributed by atoms with van der Waals surface area (Å²) < 4.78 is 0. The number of nitrogens with one attached hydrogen (secondary N) is 1. The van der Waals surface area contributed by atoms with E-state index in [0.29, 0.717) is 15.7 Å². The minimum absolute atomic E-state index is 0.143. The molecule has 1 N–H and O–H groups in total. The lowest BCUT2D eigenvalue weighted by Crippen LogP contribution is -2.18. The molecule has 1 heterocycles. The zero-order chi connectivity index (χ0) is 23.3. The van der Waals surface area contributed by atoms with E-state index in [2.05, 4.69) is 76.2 Å². The van der Waals surface area contributed by atoms with E-state index in [1.54, 1.807) is 24.4 Å². The second-order valence-electron chi connectivity index (χ2n) is 7.97. The molecule has 0 spiro atoms. The van der Waals surface area contributed by atoms with Crippen molar-refractivity contribution in [1.29, 1.82) is 0 Å². The minimum Gasteiger partial charge on any atom is -0.277 e. The summed E-state index contributed by atoms with van der Waals surface area (Å²) in [6.07, 6.45) is 2.61. The van der Waals surface area contributed by atoms with Gasteiger partial charge >= 0.3 is 0 Å². The number of benzene rings is 4. The number of nitrogens with zero attached hydrogens (tertiary/aromatic N) is 3. The van der Waals surface area contributed by atoms with Crippen LogP contribution in [0.1, 0.15) is 29.2 Å². The summed E-state index contributed by atoms with van der Waals surface area (Å²) >= 11 is 12.1. The molecular formula is C28H22Cl2N4. The van der Waals surface area contributed by atoms with Gasteiger partial charge < -0.3 is 0 Å². The van der Waals surface area contributed by atoms with Gasteiger partial charge in [0.05, 0.1) is 34.4 Å². The summed E-state index contributed by atoms with van der Waals surface area (Å²) in [4.78, 5) is 0. The van der Waals surface area contributed by atoms with Gasteiger partial charge in [0.1, 0.15) is 0 Å². The molecule has 5 rings (SSSR count). The molecule has 1 aliphatic rings. The number of hydrazone groups is 2. The summed E-state index contributed by atoms with van der Waals surface area (Å²) in [7, 11) is 0. The van der Waals surface area contributed by atoms with Gasteiger partial charge in [-0.2, -0.15) is 10.2 Å². The predicted molar refractivity (Wildman–Crippen MR) is 143 cm³/mol. The summed E-state index contributed by atoms with van der Waals surface area (Å²) in [5, 5.41) is 12.5. The normalized spacial score (nSPS) is 15.5. The molecule has 6 heteroatoms. The molecular weight excluding hydrogens is 463 g/mol. The molecule has 0 saturated carbocycles. The lowest BCUT2D eigenvalue weighted by Gasteiger charge is -2.24. The van der Waals surface area contributed by atoms with Gasteiger partial charge in [0.15, 0.2) is 0 Å². The quantitative estimate of drug-likeness (QED) is 0.224. The van der Waals surface area contributed by atoms with Crippen molar-refractivity contribution in [2.24, 2.45) is 10.2 Å². The van der Waals surface area contributed by atoms with E-state index in [0.717, 1.165) is 28.9 Å². The molecule has 4 nitrogen and oxygen atoms in total. The number of hydrogen-bond acceptors (Lipinski definition) is 4. The first kappa shape index (κ1) is 22.2. The Bertz CT molecular complexity index is 1320. The third-order valence-corrected chi connectivity index (χ3v) is 6.24. The van der Waals surface area contributed by atoms with Crippen molar-refractivity contribution < 1.29 is 0 Å². The third-order valence-electron chi connectivity index (χ3n) is 5.69. The van der Waals surface area contributed by atoms with E-state index in [9.17, 15) is 0 Å². The van der Waals surface area contributed by atoms with Crippen LogP contribution in [0, 0.1) is 0 Å². The van der Waals surface area contributed by atoms with Crippen molar-refractivity contribution in [1.82, 2.24) is 0 Å². The zero-order valence-electron chi connectivity index (χ0n) is 18.3. The van der Waals surface area contributed by atoms with Crippen molar-refractivity contribution in [3.8, 4) is 0 Å². The van der Waals surface area contributed by atoms with E-state index < -0.39 is 0 Å². The Labute approximate surface area is 209 Å². The van der Waals surface area contributed by atoms with Crippen LogP contribution in [0.3, 0.4) is 0 Å². The van der Waals surface area contributed by atoms with E-state index >= 15 is 0 Å². The highest BCUT2D eigenvalue weighted by atomic mass is 35.5. The molecule has 0 aliphatic carbocycles. The van der Waals surface area contributed by atoms with Crippen LogP contribution in [0.2, 0.25) is 10.0 Å². The topological polar surface area (TPSA) is 40.0 Å². The van der Waals surface area contributed by atoms with Gasteiger partial charge in [0.25, 0.3) is 0 Å². The van der Waals surface area contributed by atoms with E-state index in [1.807, 2.05) is 24.3 Å². The van der Waals surface area contributed by atoms with Crippen molar-refractivity contribution in [2.45, 2.75) is 12.5 Å². The summed E-state index contributed by atoms with van der Waals surface area (Å²) in [5.74, 6) is 0. The van der Waals surface area contributed by atoms with E-state index in [-0.39, 0.29) is 6.04 Å². The molecule has 1 aliphatic heterocycles. The highest BCUT2D eigenvalue weighted by Gasteiger charge is 2.29. The molecule has 168 valence electrons. The molecule has 0 amide bonds. The van der Waals surface area contributed by atoms with Crippen LogP contribution in [0.15, 0.2) is 113 Å². The number of hydrogen-bond donors (Lipinski definition) is 1. The zero-order valence-corrected chi connectivity index (χ0v) is 19.8. The maximum absolute atomic E-state index is 6.19. The average Bonchev–Trinajstić information content (AvgIpc) is 3.32. The maximum Gasteiger partial charge on any atom is 0.0831 e. The van der Waals surface area contributed by atoms with E-state index in [4.69, 9.17) is 28.3 Å². The first-order valence-electron chi connectivity index (χ1n) is 11.0. The Hall–Kier alpha value is -3.60. The minimum atomic E-state index is 0.143. The molecule has 0 unspecified atom stereocenters. The van der Waals surface area contributed by atoms with Crippen LogP contribution >= 0.6 is 23.2 Å². The SMILES string of the molecule is Clc1ccc(N/N=C\c2ccc(N3N=C(c4ccccc4)C[C@@H]3c3ccccc3)cc2)c(Cl)c1. The molecule has 0 fully saturated rings. The molecule has 1 atom stereocenters. The van der Waals surface area contributed by atoms with Gasteiger partial charge in [-0.15, -0.1) is 0 Å². The molecule has 0 bridgehead atoms. The Kier molecular flexibility index (Phi) is 6.61. The summed E-state index contributed by atoms with van der Waals surface area (Å²) in [6, 6.07) is 34.5. The Balaban J connectivity index is 1.37. The van der Waals surface area contributed by atoms with Crippen molar-refractivity contribution in [2.75, 3.05) is 10.4 Å². The fraction of sp³-hybridized carbons (Fsp3) is 0.0714. The van der Waals surface area contributed by atoms with Gasteiger partial charge in [-0.05, 0) is 47.0 Å². The summed E-state index contributed by atoms with van der Waals surface area (Å²) in [5.41, 5.74) is 9.14. The lowest BCUT2D eigenvalue weighted by molar-refractivity contribution is 0.709. The van der Waals surface area contributed by atoms with Crippen LogP contribution in [0.4, 0.5) is 11.4 Å². The largest absolute Gasteiger partial charge is 0.277 e.